The number of para-hydroxylation sites is 1. The maximum Gasteiger partial charge on any atom is 0.344 e. The number of fused-ring (bicyclic) bond motifs is 2. The maximum absolute atomic E-state index is 12.8. The van der Waals surface area contributed by atoms with Crippen LogP contribution in [0.15, 0.2) is 54.4 Å². The van der Waals surface area contributed by atoms with Crippen molar-refractivity contribution >= 4 is 28.7 Å². The van der Waals surface area contributed by atoms with Crippen molar-refractivity contribution in [2.45, 2.75) is 39.8 Å². The molecule has 0 atom stereocenters. The number of benzene rings is 2. The molecule has 0 fully saturated rings. The molecule has 0 aliphatic carbocycles. The molecular formula is C25H25NO5. The smallest absolute Gasteiger partial charge is 0.344 e. The average Bonchev–Trinajstić information content (AvgIpc) is 3.23. The van der Waals surface area contributed by atoms with Gasteiger partial charge in [0.05, 0.1) is 5.56 Å². The van der Waals surface area contributed by atoms with Crippen LogP contribution < -0.4 is 9.47 Å². The van der Waals surface area contributed by atoms with Crippen LogP contribution in [0.25, 0.3) is 17.0 Å². The van der Waals surface area contributed by atoms with E-state index in [9.17, 15) is 9.59 Å². The van der Waals surface area contributed by atoms with E-state index in [0.717, 1.165) is 23.0 Å². The predicted octanol–water partition coefficient (Wildman–Crippen LogP) is 5.00. The average molecular weight is 419 g/mol. The third kappa shape index (κ3) is 4.33. The second-order valence-corrected chi connectivity index (χ2v) is 8.36. The Morgan fingerprint density at radius 2 is 1.94 bits per heavy atom. The summed E-state index contributed by atoms with van der Waals surface area (Å²) in [6, 6.07) is 13.0. The number of ketones is 1. The van der Waals surface area contributed by atoms with Gasteiger partial charge in [-0.1, -0.05) is 18.2 Å². The third-order valence-corrected chi connectivity index (χ3v) is 4.86. The zero-order valence-electron chi connectivity index (χ0n) is 18.1. The van der Waals surface area contributed by atoms with Crippen molar-refractivity contribution in [2.24, 2.45) is 0 Å². The van der Waals surface area contributed by atoms with E-state index >= 15 is 0 Å². The van der Waals surface area contributed by atoms with Crippen LogP contribution >= 0.6 is 0 Å². The first-order valence-electron chi connectivity index (χ1n) is 10.3. The van der Waals surface area contributed by atoms with E-state index in [0.29, 0.717) is 17.1 Å². The normalized spacial score (nSPS) is 14.6. The highest BCUT2D eigenvalue weighted by atomic mass is 16.6. The lowest BCUT2D eigenvalue weighted by molar-refractivity contribution is -0.157. The van der Waals surface area contributed by atoms with Gasteiger partial charge < -0.3 is 18.8 Å². The molecule has 6 heteroatoms. The van der Waals surface area contributed by atoms with Crippen molar-refractivity contribution in [3.63, 3.8) is 0 Å². The highest BCUT2D eigenvalue weighted by molar-refractivity contribution is 6.15. The van der Waals surface area contributed by atoms with Crippen LogP contribution in [0.4, 0.5) is 0 Å². The van der Waals surface area contributed by atoms with E-state index in [2.05, 4.69) is 17.6 Å². The summed E-state index contributed by atoms with van der Waals surface area (Å²) in [7, 11) is 0. The fraction of sp³-hybridized carbons (Fsp3) is 0.280. The zero-order chi connectivity index (χ0) is 22.2. The second kappa shape index (κ2) is 7.95. The summed E-state index contributed by atoms with van der Waals surface area (Å²) in [4.78, 5) is 24.7. The molecule has 160 valence electrons. The maximum atomic E-state index is 12.8. The van der Waals surface area contributed by atoms with Crippen LogP contribution in [0.3, 0.4) is 0 Å². The monoisotopic (exact) mass is 419 g/mol. The summed E-state index contributed by atoms with van der Waals surface area (Å²) in [5.74, 6) is 0.469. The number of carbonyl (C=O) groups is 2. The summed E-state index contributed by atoms with van der Waals surface area (Å²) >= 11 is 0. The van der Waals surface area contributed by atoms with Gasteiger partial charge in [0.1, 0.15) is 17.1 Å². The van der Waals surface area contributed by atoms with Gasteiger partial charge in [0.25, 0.3) is 0 Å². The number of ether oxygens (including phenoxy) is 3. The number of Topliss-reactive ketones (excluding diaryl/α,β-unsaturated/α-hetero) is 1. The Balaban J connectivity index is 1.54. The van der Waals surface area contributed by atoms with Crippen molar-refractivity contribution in [3.05, 3.63) is 65.5 Å². The molecule has 0 saturated carbocycles. The summed E-state index contributed by atoms with van der Waals surface area (Å²) in [6.45, 7) is 8.08. The number of hydrogen-bond donors (Lipinski definition) is 0. The number of aryl methyl sites for hydroxylation is 1. The van der Waals surface area contributed by atoms with Gasteiger partial charge in [0, 0.05) is 35.3 Å². The lowest BCUT2D eigenvalue weighted by Gasteiger charge is -2.19. The van der Waals surface area contributed by atoms with Gasteiger partial charge in [-0.2, -0.15) is 0 Å². The van der Waals surface area contributed by atoms with Crippen molar-refractivity contribution in [2.75, 3.05) is 6.61 Å². The molecular weight excluding hydrogens is 394 g/mol. The lowest BCUT2D eigenvalue weighted by atomic mass is 10.1. The number of nitrogens with zero attached hydrogens (tertiary/aromatic N) is 1. The molecule has 31 heavy (non-hydrogen) atoms. The number of carbonyl (C=O) groups excluding carboxylic acids is 2. The van der Waals surface area contributed by atoms with Gasteiger partial charge in [-0.05, 0) is 52.0 Å². The Morgan fingerprint density at radius 3 is 2.68 bits per heavy atom. The van der Waals surface area contributed by atoms with E-state index in [1.165, 1.54) is 0 Å². The molecule has 1 aliphatic rings. The fourth-order valence-corrected chi connectivity index (χ4v) is 3.56. The molecule has 2 aromatic carbocycles. The minimum absolute atomic E-state index is 0.179. The highest BCUT2D eigenvalue weighted by Crippen LogP contribution is 2.35. The largest absolute Gasteiger partial charge is 0.482 e. The molecule has 1 aromatic heterocycles. The molecule has 0 spiro atoms. The standard InChI is InChI=1S/C25H25NO5/c1-5-26-14-16(18-8-6-7-9-20(18)26)12-22-24(28)19-11-10-17(13-21(19)30-22)29-15-23(27)31-25(2,3)4/h6-14H,5,15H2,1-4H3/b22-12+. The first-order valence-corrected chi connectivity index (χ1v) is 10.3. The number of allylic oxidation sites excluding steroid dienone is 1. The number of hydrogen-bond acceptors (Lipinski definition) is 5. The molecule has 4 rings (SSSR count). The Bertz CT molecular complexity index is 1200. The van der Waals surface area contributed by atoms with Crippen LogP contribution in [0, 0.1) is 0 Å². The first-order chi connectivity index (χ1) is 14.7. The van der Waals surface area contributed by atoms with Crippen molar-refractivity contribution < 1.29 is 23.8 Å². The topological polar surface area (TPSA) is 66.8 Å². The van der Waals surface area contributed by atoms with E-state index in [1.54, 1.807) is 45.0 Å². The van der Waals surface area contributed by atoms with E-state index in [-0.39, 0.29) is 18.1 Å². The zero-order valence-corrected chi connectivity index (χ0v) is 18.1. The Labute approximate surface area is 181 Å². The van der Waals surface area contributed by atoms with Crippen LogP contribution in [-0.2, 0) is 16.1 Å². The molecule has 0 bridgehead atoms. The van der Waals surface area contributed by atoms with Gasteiger partial charge in [-0.15, -0.1) is 0 Å². The van der Waals surface area contributed by atoms with Crippen LogP contribution in [0.5, 0.6) is 11.5 Å². The summed E-state index contributed by atoms with van der Waals surface area (Å²) in [6.07, 6.45) is 3.80. The molecule has 3 aromatic rings. The van der Waals surface area contributed by atoms with Crippen molar-refractivity contribution in [3.8, 4) is 11.5 Å². The Kier molecular flexibility index (Phi) is 5.31. The first kappa shape index (κ1) is 20.7. The molecule has 0 unspecified atom stereocenters. The summed E-state index contributed by atoms with van der Waals surface area (Å²) in [5.41, 5.74) is 1.93. The second-order valence-electron chi connectivity index (χ2n) is 8.36. The highest BCUT2D eigenvalue weighted by Gasteiger charge is 2.28. The molecule has 6 nitrogen and oxygen atoms in total. The minimum atomic E-state index is -0.575. The molecule has 1 aliphatic heterocycles. The third-order valence-electron chi connectivity index (χ3n) is 4.86. The Hall–Kier alpha value is -3.54. The lowest BCUT2D eigenvalue weighted by Crippen LogP contribution is -2.27. The minimum Gasteiger partial charge on any atom is -0.482 e. The van der Waals surface area contributed by atoms with Gasteiger partial charge >= 0.3 is 5.97 Å². The fourth-order valence-electron chi connectivity index (χ4n) is 3.56. The van der Waals surface area contributed by atoms with Crippen LogP contribution in [-0.4, -0.2) is 28.5 Å². The van der Waals surface area contributed by atoms with Gasteiger partial charge in [-0.25, -0.2) is 4.79 Å². The Morgan fingerprint density at radius 1 is 1.16 bits per heavy atom. The van der Waals surface area contributed by atoms with Crippen LogP contribution in [0.1, 0.15) is 43.6 Å². The van der Waals surface area contributed by atoms with Crippen molar-refractivity contribution in [1.29, 1.82) is 0 Å². The quantitative estimate of drug-likeness (QED) is 0.430. The molecule has 0 N–H and O–H groups in total. The molecule has 2 heterocycles. The van der Waals surface area contributed by atoms with Crippen LogP contribution in [0.2, 0.25) is 0 Å². The van der Waals surface area contributed by atoms with Gasteiger partial charge in [0.2, 0.25) is 5.78 Å². The van der Waals surface area contributed by atoms with Gasteiger partial charge in [-0.3, -0.25) is 4.79 Å². The predicted molar refractivity (Wildman–Crippen MR) is 118 cm³/mol. The summed E-state index contributed by atoms with van der Waals surface area (Å²) < 4.78 is 18.7. The van der Waals surface area contributed by atoms with E-state index < -0.39 is 11.6 Å². The SMILES string of the molecule is CCn1cc(/C=C2/Oc3cc(OCC(=O)OC(C)(C)C)ccc3C2=O)c2ccccc21. The molecule has 0 saturated heterocycles. The van der Waals surface area contributed by atoms with Gasteiger partial charge in [0.15, 0.2) is 12.4 Å². The van der Waals surface area contributed by atoms with E-state index in [1.807, 2.05) is 24.4 Å². The molecule has 0 radical (unpaired) electrons. The summed E-state index contributed by atoms with van der Waals surface area (Å²) in [5, 5.41) is 1.06. The number of esters is 1. The van der Waals surface area contributed by atoms with Crippen molar-refractivity contribution in [1.82, 2.24) is 4.57 Å². The molecule has 0 amide bonds. The number of rotatable bonds is 5. The number of aromatic nitrogens is 1. The van der Waals surface area contributed by atoms with E-state index in [4.69, 9.17) is 14.2 Å².